The molecule has 0 aromatic carbocycles. The summed E-state index contributed by atoms with van der Waals surface area (Å²) in [4.78, 5) is 4.40. The van der Waals surface area contributed by atoms with E-state index < -0.39 is 0 Å². The molecule has 1 aromatic heterocycles. The van der Waals surface area contributed by atoms with E-state index in [4.69, 9.17) is 4.74 Å². The second-order valence-electron chi connectivity index (χ2n) is 5.01. The van der Waals surface area contributed by atoms with E-state index in [2.05, 4.69) is 24.1 Å². The molecule has 0 amide bonds. The lowest BCUT2D eigenvalue weighted by Crippen LogP contribution is -2.47. The van der Waals surface area contributed by atoms with Crippen molar-refractivity contribution in [3.05, 3.63) is 16.6 Å². The van der Waals surface area contributed by atoms with Crippen molar-refractivity contribution >= 4 is 11.3 Å². The third-order valence-electron chi connectivity index (χ3n) is 3.05. The van der Waals surface area contributed by atoms with Gasteiger partial charge in [0.15, 0.2) is 0 Å². The van der Waals surface area contributed by atoms with Gasteiger partial charge in [-0.3, -0.25) is 0 Å². The van der Waals surface area contributed by atoms with E-state index in [9.17, 15) is 0 Å². The molecule has 1 atom stereocenters. The lowest BCUT2D eigenvalue weighted by atomic mass is 10.0. The predicted octanol–water partition coefficient (Wildman–Crippen LogP) is 2.39. The van der Waals surface area contributed by atoms with Gasteiger partial charge in [0.05, 0.1) is 12.1 Å². The molecule has 1 aliphatic carbocycles. The number of ether oxygens (including phenoxy) is 1. The molecule has 0 bridgehead atoms. The Kier molecular flexibility index (Phi) is 3.62. The van der Waals surface area contributed by atoms with Gasteiger partial charge in [0.2, 0.25) is 0 Å². The molecule has 90 valence electrons. The number of aromatic nitrogens is 1. The quantitative estimate of drug-likeness (QED) is 0.829. The molecule has 0 spiro atoms. The van der Waals surface area contributed by atoms with Crippen molar-refractivity contribution in [3.63, 3.8) is 0 Å². The van der Waals surface area contributed by atoms with Crippen molar-refractivity contribution in [1.29, 1.82) is 0 Å². The van der Waals surface area contributed by atoms with Crippen LogP contribution in [0.1, 0.15) is 31.7 Å². The fourth-order valence-electron chi connectivity index (χ4n) is 2.03. The van der Waals surface area contributed by atoms with Gasteiger partial charge in [0.1, 0.15) is 5.01 Å². The Morgan fingerprint density at radius 1 is 1.62 bits per heavy atom. The van der Waals surface area contributed by atoms with Crippen LogP contribution >= 0.6 is 11.3 Å². The van der Waals surface area contributed by atoms with Gasteiger partial charge in [-0.15, -0.1) is 11.3 Å². The first-order valence-corrected chi connectivity index (χ1v) is 6.68. The van der Waals surface area contributed by atoms with Crippen molar-refractivity contribution < 1.29 is 4.74 Å². The van der Waals surface area contributed by atoms with Gasteiger partial charge >= 0.3 is 0 Å². The molecule has 1 aromatic rings. The van der Waals surface area contributed by atoms with Crippen LogP contribution in [0.4, 0.5) is 0 Å². The highest BCUT2D eigenvalue weighted by Crippen LogP contribution is 2.35. The summed E-state index contributed by atoms with van der Waals surface area (Å²) < 4.78 is 5.29. The summed E-state index contributed by atoms with van der Waals surface area (Å²) in [7, 11) is 1.77. The molecule has 1 aliphatic rings. The fourth-order valence-corrected chi connectivity index (χ4v) is 2.76. The minimum absolute atomic E-state index is 0.0556. The first-order valence-electron chi connectivity index (χ1n) is 5.80. The molecule has 0 radical (unpaired) electrons. The highest BCUT2D eigenvalue weighted by Gasteiger charge is 2.35. The van der Waals surface area contributed by atoms with Crippen LogP contribution in [0.25, 0.3) is 0 Å². The first-order chi connectivity index (χ1) is 7.63. The van der Waals surface area contributed by atoms with Gasteiger partial charge in [-0.2, -0.15) is 0 Å². The molecule has 3 nitrogen and oxygen atoms in total. The van der Waals surface area contributed by atoms with Crippen LogP contribution in [0.3, 0.4) is 0 Å². The Labute approximate surface area is 101 Å². The minimum atomic E-state index is -0.0556. The van der Waals surface area contributed by atoms with Crippen molar-refractivity contribution in [1.82, 2.24) is 10.3 Å². The topological polar surface area (TPSA) is 34.1 Å². The van der Waals surface area contributed by atoms with E-state index in [1.54, 1.807) is 18.4 Å². The summed E-state index contributed by atoms with van der Waals surface area (Å²) in [6, 6.07) is 0.462. The molecule has 16 heavy (non-hydrogen) atoms. The highest BCUT2D eigenvalue weighted by molar-refractivity contribution is 7.09. The molecule has 1 saturated carbocycles. The minimum Gasteiger partial charge on any atom is -0.383 e. The average Bonchev–Trinajstić information content (AvgIpc) is 2.91. The third-order valence-corrected chi connectivity index (χ3v) is 4.15. The van der Waals surface area contributed by atoms with Crippen LogP contribution in [-0.2, 0) is 10.3 Å². The number of hydrogen-bond acceptors (Lipinski definition) is 4. The molecule has 0 aliphatic heterocycles. The second kappa shape index (κ2) is 4.82. The van der Waals surface area contributed by atoms with Gasteiger partial charge in [-0.05, 0) is 32.6 Å². The van der Waals surface area contributed by atoms with Crippen molar-refractivity contribution in [2.45, 2.75) is 38.3 Å². The number of thiazole rings is 1. The monoisotopic (exact) mass is 240 g/mol. The van der Waals surface area contributed by atoms with Crippen LogP contribution in [0.5, 0.6) is 0 Å². The summed E-state index contributed by atoms with van der Waals surface area (Å²) in [6.45, 7) is 5.17. The maximum Gasteiger partial charge on any atom is 0.112 e. The lowest BCUT2D eigenvalue weighted by Gasteiger charge is -2.30. The fraction of sp³-hybridized carbons (Fsp3) is 0.750. The molecule has 1 unspecified atom stereocenters. The van der Waals surface area contributed by atoms with Crippen LogP contribution in [0, 0.1) is 5.92 Å². The van der Waals surface area contributed by atoms with Gasteiger partial charge in [-0.1, -0.05) is 0 Å². The first kappa shape index (κ1) is 12.0. The second-order valence-corrected chi connectivity index (χ2v) is 5.90. The summed E-state index contributed by atoms with van der Waals surface area (Å²) in [5.41, 5.74) is -0.0556. The van der Waals surface area contributed by atoms with E-state index in [1.165, 1.54) is 12.8 Å². The average molecular weight is 240 g/mol. The number of hydrogen-bond donors (Lipinski definition) is 1. The molecule has 2 rings (SSSR count). The maximum absolute atomic E-state index is 5.29. The van der Waals surface area contributed by atoms with Crippen LogP contribution in [0.2, 0.25) is 0 Å². The maximum atomic E-state index is 5.29. The van der Waals surface area contributed by atoms with Crippen molar-refractivity contribution in [2.75, 3.05) is 13.7 Å². The SMILES string of the molecule is COCC(NC(C)(C)c1nccs1)C1CC1. The zero-order chi connectivity index (χ0) is 11.6. The van der Waals surface area contributed by atoms with Crippen LogP contribution < -0.4 is 5.32 Å². The van der Waals surface area contributed by atoms with E-state index in [1.807, 2.05) is 11.6 Å². The van der Waals surface area contributed by atoms with Crippen LogP contribution in [0.15, 0.2) is 11.6 Å². The molecular weight excluding hydrogens is 220 g/mol. The largest absolute Gasteiger partial charge is 0.383 e. The number of methoxy groups -OCH3 is 1. The number of nitrogens with one attached hydrogen (secondary N) is 1. The Morgan fingerprint density at radius 3 is 2.88 bits per heavy atom. The smallest absolute Gasteiger partial charge is 0.112 e. The van der Waals surface area contributed by atoms with Gasteiger partial charge in [0.25, 0.3) is 0 Å². The summed E-state index contributed by atoms with van der Waals surface area (Å²) in [5, 5.41) is 6.86. The van der Waals surface area contributed by atoms with E-state index in [0.29, 0.717) is 6.04 Å². The molecule has 0 saturated heterocycles. The summed E-state index contributed by atoms with van der Waals surface area (Å²) >= 11 is 1.71. The van der Waals surface area contributed by atoms with Gasteiger partial charge < -0.3 is 10.1 Å². The molecule has 4 heteroatoms. The van der Waals surface area contributed by atoms with E-state index >= 15 is 0 Å². The zero-order valence-electron chi connectivity index (χ0n) is 10.2. The zero-order valence-corrected chi connectivity index (χ0v) is 11.0. The molecule has 1 heterocycles. The Bertz CT molecular complexity index is 320. The summed E-state index contributed by atoms with van der Waals surface area (Å²) in [6.07, 6.45) is 4.52. The predicted molar refractivity (Wildman–Crippen MR) is 66.7 cm³/mol. The lowest BCUT2D eigenvalue weighted by molar-refractivity contribution is 0.140. The normalized spacial score (nSPS) is 18.7. The molecular formula is C12H20N2OS. The Balaban J connectivity index is 2.00. The Hall–Kier alpha value is -0.450. The molecule has 1 N–H and O–H groups in total. The van der Waals surface area contributed by atoms with Gasteiger partial charge in [-0.25, -0.2) is 4.98 Å². The Morgan fingerprint density at radius 2 is 2.38 bits per heavy atom. The van der Waals surface area contributed by atoms with Crippen molar-refractivity contribution in [2.24, 2.45) is 5.92 Å². The standard InChI is InChI=1S/C12H20N2OS/c1-12(2,11-13-6-7-16-11)14-10(8-15-3)9-4-5-9/h6-7,9-10,14H,4-5,8H2,1-3H3. The highest BCUT2D eigenvalue weighted by atomic mass is 32.1. The van der Waals surface area contributed by atoms with Crippen molar-refractivity contribution in [3.8, 4) is 0 Å². The van der Waals surface area contributed by atoms with E-state index in [-0.39, 0.29) is 5.54 Å². The number of rotatable bonds is 6. The number of nitrogens with zero attached hydrogens (tertiary/aromatic N) is 1. The van der Waals surface area contributed by atoms with E-state index in [0.717, 1.165) is 17.5 Å². The summed E-state index contributed by atoms with van der Waals surface area (Å²) in [5.74, 6) is 0.791. The van der Waals surface area contributed by atoms with Gasteiger partial charge in [0, 0.05) is 24.7 Å². The van der Waals surface area contributed by atoms with Crippen LogP contribution in [-0.4, -0.2) is 24.7 Å². The molecule has 1 fully saturated rings. The third kappa shape index (κ3) is 2.81.